The maximum atomic E-state index is 12.6. The molecule has 1 aliphatic rings. The Labute approximate surface area is 200 Å². The van der Waals surface area contributed by atoms with Crippen LogP contribution in [0, 0.1) is 5.92 Å². The molecule has 7 heteroatoms. The molecule has 1 N–H and O–H groups in total. The summed E-state index contributed by atoms with van der Waals surface area (Å²) >= 11 is 0. The number of aromatic nitrogens is 2. The number of anilines is 1. The van der Waals surface area contributed by atoms with Gasteiger partial charge in [0.05, 0.1) is 13.7 Å². The Hall–Kier alpha value is -3.87. The lowest BCUT2D eigenvalue weighted by Crippen LogP contribution is -2.42. The van der Waals surface area contributed by atoms with Gasteiger partial charge in [0.2, 0.25) is 0 Å². The second kappa shape index (κ2) is 11.3. The van der Waals surface area contributed by atoms with Gasteiger partial charge in [-0.3, -0.25) is 5.32 Å². The van der Waals surface area contributed by atoms with Gasteiger partial charge in [0.15, 0.2) is 5.82 Å². The number of urea groups is 1. The summed E-state index contributed by atoms with van der Waals surface area (Å²) in [6.07, 6.45) is 5.44. The van der Waals surface area contributed by atoms with Gasteiger partial charge in [-0.2, -0.15) is 5.10 Å². The number of nitrogens with one attached hydrogen (secondary N) is 1. The number of hydrogen-bond donors (Lipinski definition) is 1. The van der Waals surface area contributed by atoms with Crippen LogP contribution >= 0.6 is 0 Å². The van der Waals surface area contributed by atoms with Crippen LogP contribution in [0.1, 0.15) is 24.5 Å². The Bertz CT molecular complexity index is 1130. The molecule has 7 nitrogen and oxygen atoms in total. The van der Waals surface area contributed by atoms with Crippen LogP contribution in [0.15, 0.2) is 72.4 Å². The normalized spacial score (nSPS) is 16.8. The Morgan fingerprint density at radius 3 is 2.79 bits per heavy atom. The van der Waals surface area contributed by atoms with Crippen LogP contribution in [0.3, 0.4) is 0 Å². The van der Waals surface area contributed by atoms with Crippen LogP contribution in [-0.2, 0) is 6.42 Å². The summed E-state index contributed by atoms with van der Waals surface area (Å²) in [7, 11) is 1.68. The van der Waals surface area contributed by atoms with E-state index in [1.807, 2.05) is 35.2 Å². The summed E-state index contributed by atoms with van der Waals surface area (Å²) < 4.78 is 11.3. The maximum absolute atomic E-state index is 12.6. The fraction of sp³-hybridized carbons (Fsp3) is 0.296. The number of carbonyl (C=O) groups is 1. The van der Waals surface area contributed by atoms with Crippen LogP contribution < -0.4 is 14.8 Å². The second-order valence-electron chi connectivity index (χ2n) is 8.38. The minimum atomic E-state index is -0.141. The van der Waals surface area contributed by atoms with Crippen molar-refractivity contribution in [3.8, 4) is 11.5 Å². The first-order valence-electron chi connectivity index (χ1n) is 11.5. The van der Waals surface area contributed by atoms with Gasteiger partial charge >= 0.3 is 6.03 Å². The van der Waals surface area contributed by atoms with Crippen molar-refractivity contribution in [1.29, 1.82) is 0 Å². The van der Waals surface area contributed by atoms with E-state index in [1.165, 1.54) is 11.1 Å². The number of ether oxygens (including phenoxy) is 2. The number of benzene rings is 2. The smallest absolute Gasteiger partial charge is 0.323 e. The molecule has 1 aromatic heterocycles. The molecule has 34 heavy (non-hydrogen) atoms. The summed E-state index contributed by atoms with van der Waals surface area (Å²) in [5.41, 5.74) is 3.62. The van der Waals surface area contributed by atoms with E-state index in [9.17, 15) is 4.79 Å². The lowest BCUT2D eigenvalue weighted by Gasteiger charge is -2.33. The average molecular weight is 459 g/mol. The number of methoxy groups -OCH3 is 1. The highest BCUT2D eigenvalue weighted by molar-refractivity contribution is 5.88. The van der Waals surface area contributed by atoms with Crippen LogP contribution in [0.4, 0.5) is 10.6 Å². The quantitative estimate of drug-likeness (QED) is 0.535. The molecule has 0 bridgehead atoms. The van der Waals surface area contributed by atoms with Gasteiger partial charge in [0, 0.05) is 25.7 Å². The van der Waals surface area contributed by atoms with Crippen molar-refractivity contribution >= 4 is 17.9 Å². The molecule has 3 aromatic rings. The van der Waals surface area contributed by atoms with E-state index in [0.29, 0.717) is 25.5 Å². The van der Waals surface area contributed by atoms with Crippen molar-refractivity contribution in [2.45, 2.75) is 19.8 Å². The fourth-order valence-electron chi connectivity index (χ4n) is 4.03. The minimum absolute atomic E-state index is 0.141. The Morgan fingerprint density at radius 2 is 2.00 bits per heavy atom. The fourth-order valence-corrected chi connectivity index (χ4v) is 4.03. The van der Waals surface area contributed by atoms with Crippen LogP contribution in [0.25, 0.3) is 6.08 Å². The first kappa shape index (κ1) is 23.3. The van der Waals surface area contributed by atoms with Crippen LogP contribution in [-0.4, -0.2) is 47.9 Å². The molecule has 1 atom stereocenters. The second-order valence-corrected chi connectivity index (χ2v) is 8.38. The van der Waals surface area contributed by atoms with Gasteiger partial charge in [0.1, 0.15) is 11.5 Å². The molecule has 1 unspecified atom stereocenters. The number of piperidine rings is 1. The molecule has 1 saturated heterocycles. The van der Waals surface area contributed by atoms with Gasteiger partial charge < -0.3 is 14.4 Å². The summed E-state index contributed by atoms with van der Waals surface area (Å²) in [5, 5.41) is 10.5. The van der Waals surface area contributed by atoms with Gasteiger partial charge in [-0.1, -0.05) is 42.8 Å². The number of likely N-dealkylation sites (tertiary alicyclic amines) is 1. The third-order valence-corrected chi connectivity index (χ3v) is 5.90. The molecule has 1 aliphatic heterocycles. The zero-order chi connectivity index (χ0) is 23.8. The standard InChI is InChI=1S/C27H30N4O3/c1-20-19-31(27(32)29-26-10-5-13-28-30-26)14-11-23(20)16-22-7-4-9-25(18-22)34-15-12-21-6-3-8-24(17-21)33-2/h3-10,13,16-18,20H,11-12,14-15,19H2,1-2H3,(H,29,30,32)/b23-16+. The van der Waals surface area contributed by atoms with Crippen LogP contribution in [0.5, 0.6) is 11.5 Å². The third-order valence-electron chi connectivity index (χ3n) is 5.90. The van der Waals surface area contributed by atoms with E-state index in [0.717, 1.165) is 29.9 Å². The molecular weight excluding hydrogens is 428 g/mol. The minimum Gasteiger partial charge on any atom is -0.497 e. The molecule has 4 rings (SSSR count). The van der Waals surface area contributed by atoms with Crippen molar-refractivity contribution in [3.05, 3.63) is 83.6 Å². The van der Waals surface area contributed by atoms with Gasteiger partial charge in [-0.05, 0) is 59.9 Å². The van der Waals surface area contributed by atoms with Crippen molar-refractivity contribution < 1.29 is 14.3 Å². The monoisotopic (exact) mass is 458 g/mol. The van der Waals surface area contributed by atoms with E-state index < -0.39 is 0 Å². The Morgan fingerprint density at radius 1 is 1.15 bits per heavy atom. The molecule has 0 radical (unpaired) electrons. The number of carbonyl (C=O) groups excluding carboxylic acids is 1. The Balaban J connectivity index is 1.31. The summed E-state index contributed by atoms with van der Waals surface area (Å²) in [5.74, 6) is 2.44. The van der Waals surface area contributed by atoms with Crippen molar-refractivity contribution in [2.75, 3.05) is 32.1 Å². The predicted molar refractivity (Wildman–Crippen MR) is 133 cm³/mol. The van der Waals surface area contributed by atoms with Gasteiger partial charge in [-0.15, -0.1) is 5.10 Å². The molecule has 2 heterocycles. The summed E-state index contributed by atoms with van der Waals surface area (Å²) in [6.45, 7) is 4.08. The van der Waals surface area contributed by atoms with Crippen molar-refractivity contribution in [3.63, 3.8) is 0 Å². The molecule has 176 valence electrons. The zero-order valence-electron chi connectivity index (χ0n) is 19.6. The van der Waals surface area contributed by atoms with E-state index in [2.05, 4.69) is 46.7 Å². The largest absolute Gasteiger partial charge is 0.497 e. The molecule has 2 aromatic carbocycles. The Kier molecular flexibility index (Phi) is 7.75. The summed E-state index contributed by atoms with van der Waals surface area (Å²) in [6, 6.07) is 19.5. The zero-order valence-corrected chi connectivity index (χ0v) is 19.6. The van der Waals surface area contributed by atoms with E-state index >= 15 is 0 Å². The third kappa shape index (κ3) is 6.34. The van der Waals surface area contributed by atoms with Crippen molar-refractivity contribution in [2.24, 2.45) is 5.92 Å². The predicted octanol–water partition coefficient (Wildman–Crippen LogP) is 5.06. The highest BCUT2D eigenvalue weighted by Gasteiger charge is 2.24. The van der Waals surface area contributed by atoms with Crippen LogP contribution in [0.2, 0.25) is 0 Å². The van der Waals surface area contributed by atoms with E-state index in [4.69, 9.17) is 9.47 Å². The SMILES string of the molecule is COc1cccc(CCOc2cccc(/C=C3\CCN(C(=O)Nc4cccnn4)CC3C)c2)c1. The first-order chi connectivity index (χ1) is 16.6. The number of rotatable bonds is 7. The van der Waals surface area contributed by atoms with E-state index in [-0.39, 0.29) is 11.9 Å². The highest BCUT2D eigenvalue weighted by Crippen LogP contribution is 2.26. The molecule has 0 aliphatic carbocycles. The average Bonchev–Trinajstić information content (AvgIpc) is 2.86. The van der Waals surface area contributed by atoms with Crippen molar-refractivity contribution in [1.82, 2.24) is 15.1 Å². The maximum Gasteiger partial charge on any atom is 0.323 e. The van der Waals surface area contributed by atoms with Gasteiger partial charge in [-0.25, -0.2) is 4.79 Å². The first-order valence-corrected chi connectivity index (χ1v) is 11.5. The topological polar surface area (TPSA) is 76.6 Å². The summed E-state index contributed by atoms with van der Waals surface area (Å²) in [4.78, 5) is 14.4. The van der Waals surface area contributed by atoms with E-state index in [1.54, 1.807) is 25.4 Å². The molecular formula is C27H30N4O3. The molecule has 1 fully saturated rings. The number of nitrogens with zero attached hydrogens (tertiary/aromatic N) is 3. The number of amides is 2. The molecule has 0 spiro atoms. The van der Waals surface area contributed by atoms with Gasteiger partial charge in [0.25, 0.3) is 0 Å². The lowest BCUT2D eigenvalue weighted by molar-refractivity contribution is 0.197. The number of hydrogen-bond acceptors (Lipinski definition) is 5. The molecule has 2 amide bonds. The lowest BCUT2D eigenvalue weighted by atomic mass is 9.91. The highest BCUT2D eigenvalue weighted by atomic mass is 16.5. The molecule has 0 saturated carbocycles.